The molecule has 0 saturated heterocycles. The van der Waals surface area contributed by atoms with Crippen molar-refractivity contribution in [1.82, 2.24) is 15.0 Å². The van der Waals surface area contributed by atoms with Gasteiger partial charge in [-0.2, -0.15) is 0 Å². The van der Waals surface area contributed by atoms with E-state index in [-0.39, 0.29) is 18.0 Å². The number of aromatic amines is 1. The molecule has 2 rings (SSSR count). The minimum atomic E-state index is -0.969. The largest absolute Gasteiger partial charge is 0.478 e. The first-order valence-electron chi connectivity index (χ1n) is 4.29. The molecule has 0 aliphatic carbocycles. The molecule has 15 heavy (non-hydrogen) atoms. The lowest BCUT2D eigenvalue weighted by molar-refractivity contribution is 0.0699. The van der Waals surface area contributed by atoms with Gasteiger partial charge in [-0.05, 0) is 6.07 Å². The quantitative estimate of drug-likeness (QED) is 0.818. The van der Waals surface area contributed by atoms with Gasteiger partial charge in [0.2, 0.25) is 0 Å². The van der Waals surface area contributed by atoms with Crippen LogP contribution in [0.3, 0.4) is 0 Å². The van der Waals surface area contributed by atoms with Gasteiger partial charge in [-0.1, -0.05) is 6.92 Å². The van der Waals surface area contributed by atoms with Crippen molar-refractivity contribution in [2.45, 2.75) is 13.3 Å². The lowest BCUT2D eigenvalue weighted by Gasteiger charge is -1.93. The Morgan fingerprint density at radius 3 is 2.93 bits per heavy atom. The molecule has 0 radical (unpaired) electrons. The molecular formula is C9H10ClN3O2. The van der Waals surface area contributed by atoms with E-state index in [1.54, 1.807) is 0 Å². The number of aromatic nitrogens is 3. The van der Waals surface area contributed by atoms with Gasteiger partial charge in [0.15, 0.2) is 5.65 Å². The number of fused-ring (bicyclic) bond motifs is 1. The molecular weight excluding hydrogens is 218 g/mol. The summed E-state index contributed by atoms with van der Waals surface area (Å²) in [6.45, 7) is 1.94. The Morgan fingerprint density at radius 1 is 1.60 bits per heavy atom. The summed E-state index contributed by atoms with van der Waals surface area (Å²) in [6.07, 6.45) is 2.18. The first kappa shape index (κ1) is 11.5. The molecule has 0 saturated carbocycles. The van der Waals surface area contributed by atoms with E-state index in [4.69, 9.17) is 5.11 Å². The highest BCUT2D eigenvalue weighted by Gasteiger charge is 2.11. The highest BCUT2D eigenvalue weighted by molar-refractivity contribution is 5.99. The summed E-state index contributed by atoms with van der Waals surface area (Å²) in [7, 11) is 0. The van der Waals surface area contributed by atoms with Gasteiger partial charge in [-0.15, -0.1) is 12.4 Å². The molecule has 0 aliphatic heterocycles. The number of H-pyrrole nitrogens is 1. The SMILES string of the molecule is CCc1nc2nccc(C(=O)O)c2[nH]1.Cl. The smallest absolute Gasteiger partial charge is 0.338 e. The summed E-state index contributed by atoms with van der Waals surface area (Å²) in [6, 6.07) is 1.46. The van der Waals surface area contributed by atoms with Gasteiger partial charge < -0.3 is 10.1 Å². The summed E-state index contributed by atoms with van der Waals surface area (Å²) in [4.78, 5) is 21.9. The van der Waals surface area contributed by atoms with E-state index in [2.05, 4.69) is 15.0 Å². The average Bonchev–Trinajstić information content (AvgIpc) is 2.59. The zero-order valence-electron chi connectivity index (χ0n) is 8.02. The molecule has 5 nitrogen and oxygen atoms in total. The lowest BCUT2D eigenvalue weighted by Crippen LogP contribution is -1.97. The number of hydrogen-bond donors (Lipinski definition) is 2. The number of aryl methyl sites for hydroxylation is 1. The maximum Gasteiger partial charge on any atom is 0.338 e. The maximum absolute atomic E-state index is 10.8. The van der Waals surface area contributed by atoms with Crippen LogP contribution in [-0.2, 0) is 6.42 Å². The summed E-state index contributed by atoms with van der Waals surface area (Å²) in [5.74, 6) is -0.218. The third kappa shape index (κ3) is 1.92. The number of carboxylic acid groups (broad SMARTS) is 1. The minimum absolute atomic E-state index is 0. The van der Waals surface area contributed by atoms with Crippen LogP contribution in [0.25, 0.3) is 11.2 Å². The number of nitrogens with zero attached hydrogens (tertiary/aromatic N) is 2. The highest BCUT2D eigenvalue weighted by atomic mass is 35.5. The third-order valence-electron chi connectivity index (χ3n) is 2.01. The molecule has 0 unspecified atom stereocenters. The standard InChI is InChI=1S/C9H9N3O2.ClH/c1-2-6-11-7-5(9(13)14)3-4-10-8(7)12-6;/h3-4H,2H2,1H3,(H,13,14)(H,10,11,12);1H. The number of aromatic carboxylic acids is 1. The van der Waals surface area contributed by atoms with Crippen molar-refractivity contribution >= 4 is 29.5 Å². The normalized spacial score (nSPS) is 9.93. The van der Waals surface area contributed by atoms with Crippen LogP contribution in [0.4, 0.5) is 0 Å². The molecule has 6 heteroatoms. The Morgan fingerprint density at radius 2 is 2.33 bits per heavy atom. The van der Waals surface area contributed by atoms with E-state index in [0.717, 1.165) is 12.2 Å². The molecule has 2 aromatic rings. The monoisotopic (exact) mass is 227 g/mol. The molecule has 0 aromatic carbocycles. The van der Waals surface area contributed by atoms with Crippen LogP contribution in [0.2, 0.25) is 0 Å². The summed E-state index contributed by atoms with van der Waals surface area (Å²) >= 11 is 0. The van der Waals surface area contributed by atoms with Gasteiger partial charge in [0, 0.05) is 12.6 Å². The van der Waals surface area contributed by atoms with E-state index < -0.39 is 5.97 Å². The zero-order chi connectivity index (χ0) is 10.1. The fourth-order valence-corrected chi connectivity index (χ4v) is 1.30. The molecule has 0 atom stereocenters. The van der Waals surface area contributed by atoms with Crippen LogP contribution < -0.4 is 0 Å². The van der Waals surface area contributed by atoms with E-state index in [0.29, 0.717) is 11.2 Å². The molecule has 2 aromatic heterocycles. The fourth-order valence-electron chi connectivity index (χ4n) is 1.30. The van der Waals surface area contributed by atoms with Crippen molar-refractivity contribution in [3.8, 4) is 0 Å². The van der Waals surface area contributed by atoms with Crippen molar-refractivity contribution in [3.63, 3.8) is 0 Å². The Balaban J connectivity index is 0.00000112. The molecule has 0 amide bonds. The number of hydrogen-bond acceptors (Lipinski definition) is 3. The second-order valence-electron chi connectivity index (χ2n) is 2.90. The van der Waals surface area contributed by atoms with Gasteiger partial charge in [0.25, 0.3) is 0 Å². The molecule has 0 aliphatic rings. The summed E-state index contributed by atoms with van der Waals surface area (Å²) in [5, 5.41) is 8.89. The van der Waals surface area contributed by atoms with E-state index in [1.807, 2.05) is 6.92 Å². The van der Waals surface area contributed by atoms with Crippen molar-refractivity contribution in [2.75, 3.05) is 0 Å². The topological polar surface area (TPSA) is 78.9 Å². The first-order valence-corrected chi connectivity index (χ1v) is 4.29. The van der Waals surface area contributed by atoms with Crippen LogP contribution >= 0.6 is 12.4 Å². The van der Waals surface area contributed by atoms with Crippen molar-refractivity contribution in [1.29, 1.82) is 0 Å². The molecule has 2 N–H and O–H groups in total. The van der Waals surface area contributed by atoms with E-state index in [1.165, 1.54) is 12.3 Å². The number of pyridine rings is 1. The van der Waals surface area contributed by atoms with Gasteiger partial charge >= 0.3 is 5.97 Å². The summed E-state index contributed by atoms with van der Waals surface area (Å²) < 4.78 is 0. The molecule has 80 valence electrons. The van der Waals surface area contributed by atoms with Gasteiger partial charge in [0.05, 0.1) is 11.1 Å². The Labute approximate surface area is 92.0 Å². The third-order valence-corrected chi connectivity index (χ3v) is 2.01. The molecule has 2 heterocycles. The molecule has 0 bridgehead atoms. The molecule has 0 spiro atoms. The van der Waals surface area contributed by atoms with Crippen LogP contribution in [0.15, 0.2) is 12.3 Å². The number of rotatable bonds is 2. The van der Waals surface area contributed by atoms with Crippen molar-refractivity contribution in [2.24, 2.45) is 0 Å². The Kier molecular flexibility index (Phi) is 3.26. The van der Waals surface area contributed by atoms with Crippen LogP contribution in [0.1, 0.15) is 23.1 Å². The number of carbonyl (C=O) groups is 1. The predicted molar refractivity (Wildman–Crippen MR) is 57.5 cm³/mol. The number of carboxylic acids is 1. The molecule has 0 fully saturated rings. The average molecular weight is 228 g/mol. The van der Waals surface area contributed by atoms with Crippen molar-refractivity contribution < 1.29 is 9.90 Å². The van der Waals surface area contributed by atoms with Crippen LogP contribution in [0.5, 0.6) is 0 Å². The van der Waals surface area contributed by atoms with Gasteiger partial charge in [-0.25, -0.2) is 14.8 Å². The number of imidazole rings is 1. The van der Waals surface area contributed by atoms with Crippen molar-refractivity contribution in [3.05, 3.63) is 23.7 Å². The van der Waals surface area contributed by atoms with E-state index >= 15 is 0 Å². The second kappa shape index (κ2) is 4.27. The van der Waals surface area contributed by atoms with Gasteiger partial charge in [0.1, 0.15) is 5.82 Å². The number of halogens is 1. The minimum Gasteiger partial charge on any atom is -0.478 e. The van der Waals surface area contributed by atoms with Crippen LogP contribution in [0, 0.1) is 0 Å². The maximum atomic E-state index is 10.8. The Hall–Kier alpha value is -1.62. The summed E-state index contributed by atoms with van der Waals surface area (Å²) in [5.41, 5.74) is 1.17. The van der Waals surface area contributed by atoms with Gasteiger partial charge in [-0.3, -0.25) is 0 Å². The predicted octanol–water partition coefficient (Wildman–Crippen LogP) is 1.64. The number of nitrogens with one attached hydrogen (secondary N) is 1. The fraction of sp³-hybridized carbons (Fsp3) is 0.222. The zero-order valence-corrected chi connectivity index (χ0v) is 8.84. The second-order valence-corrected chi connectivity index (χ2v) is 2.90. The van der Waals surface area contributed by atoms with Crippen LogP contribution in [-0.4, -0.2) is 26.0 Å². The van der Waals surface area contributed by atoms with E-state index in [9.17, 15) is 4.79 Å². The highest BCUT2D eigenvalue weighted by Crippen LogP contribution is 2.14. The Bertz CT molecular complexity index is 495. The first-order chi connectivity index (χ1) is 6.72. The lowest BCUT2D eigenvalue weighted by atomic mass is 10.2.